The van der Waals surface area contributed by atoms with Crippen LogP contribution in [0, 0.1) is 0 Å². The molecule has 4 nitrogen and oxygen atoms in total. The van der Waals surface area contributed by atoms with Gasteiger partial charge in [0, 0.05) is 13.0 Å². The Hall–Kier alpha value is -1.60. The zero-order chi connectivity index (χ0) is 15.2. The number of ether oxygens (including phenoxy) is 1. The van der Waals surface area contributed by atoms with Crippen molar-refractivity contribution in [3.8, 4) is 0 Å². The molecule has 0 aliphatic carbocycles. The summed E-state index contributed by atoms with van der Waals surface area (Å²) in [7, 11) is 1.53. The number of halogens is 3. The molecule has 1 amide bonds. The molecular weight excluding hydrogens is 273 g/mol. The van der Waals surface area contributed by atoms with Crippen molar-refractivity contribution in [3.63, 3.8) is 0 Å². The number of carbonyl (C=O) groups excluding carboxylic acids is 1. The number of benzene rings is 1. The van der Waals surface area contributed by atoms with E-state index in [1.807, 2.05) is 0 Å². The normalized spacial score (nSPS) is 14.8. The zero-order valence-electron chi connectivity index (χ0n) is 11.0. The summed E-state index contributed by atoms with van der Waals surface area (Å²) in [4.78, 5) is 11.7. The van der Waals surface area contributed by atoms with Crippen molar-refractivity contribution in [2.24, 2.45) is 5.73 Å². The molecule has 3 N–H and O–H groups in total. The lowest BCUT2D eigenvalue weighted by atomic mass is 9.86. The van der Waals surface area contributed by atoms with Gasteiger partial charge in [-0.1, -0.05) is 30.3 Å². The van der Waals surface area contributed by atoms with Gasteiger partial charge in [0.05, 0.1) is 0 Å². The van der Waals surface area contributed by atoms with Crippen LogP contribution in [0.3, 0.4) is 0 Å². The van der Waals surface area contributed by atoms with E-state index in [1.54, 1.807) is 30.3 Å². The van der Waals surface area contributed by atoms with Crippen LogP contribution in [0.5, 0.6) is 0 Å². The van der Waals surface area contributed by atoms with Gasteiger partial charge in [0.2, 0.25) is 5.91 Å². The Morgan fingerprint density at radius 3 is 2.35 bits per heavy atom. The van der Waals surface area contributed by atoms with Crippen molar-refractivity contribution in [3.05, 3.63) is 35.9 Å². The van der Waals surface area contributed by atoms with E-state index in [1.165, 1.54) is 7.05 Å². The third-order valence-corrected chi connectivity index (χ3v) is 3.00. The molecule has 0 aliphatic rings. The van der Waals surface area contributed by atoms with Crippen LogP contribution in [0.15, 0.2) is 30.3 Å². The lowest BCUT2D eigenvalue weighted by Gasteiger charge is -2.30. The number of nitrogens with one attached hydrogen (secondary N) is 1. The van der Waals surface area contributed by atoms with Crippen LogP contribution in [0.25, 0.3) is 0 Å². The molecule has 1 unspecified atom stereocenters. The van der Waals surface area contributed by atoms with Gasteiger partial charge in [-0.15, -0.1) is 0 Å². The fourth-order valence-corrected chi connectivity index (χ4v) is 1.94. The number of hydrogen-bond donors (Lipinski definition) is 2. The highest BCUT2D eigenvalue weighted by molar-refractivity contribution is 5.86. The van der Waals surface area contributed by atoms with Gasteiger partial charge in [0.25, 0.3) is 0 Å². The van der Waals surface area contributed by atoms with Crippen LogP contribution in [0.2, 0.25) is 0 Å². The summed E-state index contributed by atoms with van der Waals surface area (Å²) in [5.41, 5.74) is 4.75. The Morgan fingerprint density at radius 1 is 1.30 bits per heavy atom. The Labute approximate surface area is 115 Å². The average molecular weight is 290 g/mol. The van der Waals surface area contributed by atoms with Crippen LogP contribution in [0.4, 0.5) is 13.2 Å². The number of primary amides is 1. The van der Waals surface area contributed by atoms with Gasteiger partial charge < -0.3 is 15.8 Å². The molecule has 7 heteroatoms. The third-order valence-electron chi connectivity index (χ3n) is 3.00. The second-order valence-electron chi connectivity index (χ2n) is 4.30. The predicted octanol–water partition coefficient (Wildman–Crippen LogP) is 1.56. The summed E-state index contributed by atoms with van der Waals surface area (Å²) < 4.78 is 40.6. The Bertz CT molecular complexity index is 437. The van der Waals surface area contributed by atoms with Gasteiger partial charge in [-0.05, 0) is 12.6 Å². The number of carbonyl (C=O) groups is 1. The van der Waals surface area contributed by atoms with Crippen LogP contribution in [0.1, 0.15) is 12.0 Å². The number of likely N-dealkylation sites (N-methyl/N-ethyl adjacent to an activating group) is 1. The van der Waals surface area contributed by atoms with Gasteiger partial charge in [-0.2, -0.15) is 13.2 Å². The van der Waals surface area contributed by atoms with Gasteiger partial charge in [0.1, 0.15) is 12.1 Å². The fraction of sp³-hybridized carbons (Fsp3) is 0.462. The molecule has 1 aromatic rings. The smallest absolute Gasteiger partial charge is 0.372 e. The van der Waals surface area contributed by atoms with E-state index in [9.17, 15) is 18.0 Å². The van der Waals surface area contributed by atoms with Crippen molar-refractivity contribution < 1.29 is 22.7 Å². The minimum absolute atomic E-state index is 0.0128. The highest BCUT2D eigenvalue weighted by Crippen LogP contribution is 2.25. The first-order chi connectivity index (χ1) is 9.32. The monoisotopic (exact) mass is 290 g/mol. The van der Waals surface area contributed by atoms with E-state index in [4.69, 9.17) is 5.73 Å². The fourth-order valence-electron chi connectivity index (χ4n) is 1.94. The van der Waals surface area contributed by atoms with Gasteiger partial charge >= 0.3 is 6.18 Å². The Balaban J connectivity index is 2.78. The molecule has 20 heavy (non-hydrogen) atoms. The minimum atomic E-state index is -4.39. The largest absolute Gasteiger partial charge is 0.411 e. The molecule has 0 radical (unpaired) electrons. The van der Waals surface area contributed by atoms with Crippen molar-refractivity contribution in [1.82, 2.24) is 5.32 Å². The lowest BCUT2D eigenvalue weighted by Crippen LogP contribution is -2.52. The van der Waals surface area contributed by atoms with Crippen molar-refractivity contribution in [2.75, 3.05) is 20.3 Å². The number of nitrogens with two attached hydrogens (primary N) is 1. The second-order valence-corrected chi connectivity index (χ2v) is 4.30. The number of alkyl halides is 3. The summed E-state index contributed by atoms with van der Waals surface area (Å²) in [5, 5.41) is 2.79. The third kappa shape index (κ3) is 4.21. The van der Waals surface area contributed by atoms with Crippen molar-refractivity contribution in [2.45, 2.75) is 18.1 Å². The molecule has 0 saturated carbocycles. The molecule has 112 valence electrons. The van der Waals surface area contributed by atoms with Crippen LogP contribution in [-0.2, 0) is 15.1 Å². The van der Waals surface area contributed by atoms with E-state index in [-0.39, 0.29) is 13.0 Å². The minimum Gasteiger partial charge on any atom is -0.372 e. The van der Waals surface area contributed by atoms with E-state index >= 15 is 0 Å². The maximum Gasteiger partial charge on any atom is 0.411 e. The molecule has 0 spiro atoms. The molecule has 0 fully saturated rings. The Kier molecular flexibility index (Phi) is 5.52. The van der Waals surface area contributed by atoms with E-state index in [0.29, 0.717) is 5.56 Å². The standard InChI is InChI=1S/C13H17F3N2O2/c1-18-12(11(17)19,10-5-3-2-4-6-10)7-8-20-9-13(14,15)16/h2-6,18H,7-9H2,1H3,(H2,17,19). The first-order valence-corrected chi connectivity index (χ1v) is 6.00. The SMILES string of the molecule is CNC(CCOCC(F)(F)F)(C(N)=O)c1ccccc1. The summed E-state index contributed by atoms with van der Waals surface area (Å²) >= 11 is 0. The molecule has 0 aromatic heterocycles. The van der Waals surface area contributed by atoms with Crippen molar-refractivity contribution >= 4 is 5.91 Å². The second kappa shape index (κ2) is 6.71. The van der Waals surface area contributed by atoms with E-state index < -0.39 is 24.2 Å². The highest BCUT2D eigenvalue weighted by atomic mass is 19.4. The molecular formula is C13H17F3N2O2. The number of amides is 1. The summed E-state index contributed by atoms with van der Waals surface area (Å²) in [5.74, 6) is -0.665. The molecule has 0 bridgehead atoms. The molecule has 0 saturated heterocycles. The molecule has 1 aromatic carbocycles. The van der Waals surface area contributed by atoms with Crippen LogP contribution in [-0.4, -0.2) is 32.3 Å². The Morgan fingerprint density at radius 2 is 1.90 bits per heavy atom. The van der Waals surface area contributed by atoms with Crippen molar-refractivity contribution in [1.29, 1.82) is 0 Å². The van der Waals surface area contributed by atoms with Gasteiger partial charge in [-0.25, -0.2) is 0 Å². The predicted molar refractivity (Wildman–Crippen MR) is 67.9 cm³/mol. The quantitative estimate of drug-likeness (QED) is 0.749. The van der Waals surface area contributed by atoms with E-state index in [2.05, 4.69) is 10.1 Å². The van der Waals surface area contributed by atoms with Gasteiger partial charge in [-0.3, -0.25) is 4.79 Å². The first kappa shape index (κ1) is 16.5. The molecule has 0 aliphatic heterocycles. The zero-order valence-corrected chi connectivity index (χ0v) is 11.0. The molecule has 1 rings (SSSR count). The van der Waals surface area contributed by atoms with Crippen LogP contribution >= 0.6 is 0 Å². The summed E-state index contributed by atoms with van der Waals surface area (Å²) in [6.45, 7) is -1.58. The summed E-state index contributed by atoms with van der Waals surface area (Å²) in [6, 6.07) is 8.59. The first-order valence-electron chi connectivity index (χ1n) is 6.00. The average Bonchev–Trinajstić information content (AvgIpc) is 2.39. The van der Waals surface area contributed by atoms with E-state index in [0.717, 1.165) is 0 Å². The molecule has 1 atom stereocenters. The maximum absolute atomic E-state index is 12.0. The lowest BCUT2D eigenvalue weighted by molar-refractivity contribution is -0.175. The summed E-state index contributed by atoms with van der Waals surface area (Å²) in [6.07, 6.45) is -4.37. The maximum atomic E-state index is 12.0. The van der Waals surface area contributed by atoms with Crippen LogP contribution < -0.4 is 11.1 Å². The topological polar surface area (TPSA) is 64.3 Å². The number of rotatable bonds is 7. The molecule has 0 heterocycles. The highest BCUT2D eigenvalue weighted by Gasteiger charge is 2.37. The number of hydrogen-bond acceptors (Lipinski definition) is 3. The van der Waals surface area contributed by atoms with Gasteiger partial charge in [0.15, 0.2) is 0 Å².